The minimum Gasteiger partial charge on any atom is -0.333 e. The maximum Gasteiger partial charge on any atom is 0.322 e. The number of fused-ring (bicyclic) bond motifs is 1. The summed E-state index contributed by atoms with van der Waals surface area (Å²) in [6, 6.07) is 12.5. The highest BCUT2D eigenvalue weighted by Crippen LogP contribution is 2.31. The first-order valence-electron chi connectivity index (χ1n) is 6.85. The number of hydrogen-bond acceptors (Lipinski definition) is 2. The number of rotatable bonds is 2. The maximum atomic E-state index is 12.4. The molecule has 1 atom stereocenters. The van der Waals surface area contributed by atoms with E-state index in [9.17, 15) is 4.79 Å². The van der Waals surface area contributed by atoms with Crippen LogP contribution in [0.25, 0.3) is 0 Å². The van der Waals surface area contributed by atoms with E-state index in [1.807, 2.05) is 23.1 Å². The van der Waals surface area contributed by atoms with Gasteiger partial charge < -0.3 is 5.32 Å². The second-order valence-corrected chi connectivity index (χ2v) is 6.60. The Bertz CT molecular complexity index is 635. The Balaban J connectivity index is 1.71. The van der Waals surface area contributed by atoms with Crippen molar-refractivity contribution in [2.45, 2.75) is 32.9 Å². The minimum absolute atomic E-state index is 0.00602. The fraction of sp³-hybridized carbons (Fsp3) is 0.312. The number of thiophene rings is 1. The van der Waals surface area contributed by atoms with Gasteiger partial charge in [0, 0.05) is 21.5 Å². The van der Waals surface area contributed by atoms with Crippen LogP contribution in [0.1, 0.15) is 22.2 Å². The summed E-state index contributed by atoms with van der Waals surface area (Å²) in [7, 11) is 0. The van der Waals surface area contributed by atoms with E-state index in [4.69, 9.17) is 0 Å². The van der Waals surface area contributed by atoms with Crippen LogP contribution in [0.4, 0.5) is 10.5 Å². The first-order valence-corrected chi connectivity index (χ1v) is 7.67. The standard InChI is InChI=1S/C16H18N2OS/c1-11-9-13-5-3-4-6-15(13)18(11)16(19)17-10-14-8-7-12(2)20-14/h3-8,11H,9-10H2,1-2H3,(H,17,19). The van der Waals surface area contributed by atoms with Gasteiger partial charge in [0.2, 0.25) is 0 Å². The Kier molecular flexibility index (Phi) is 3.49. The Hall–Kier alpha value is -1.81. The summed E-state index contributed by atoms with van der Waals surface area (Å²) in [6.45, 7) is 4.77. The van der Waals surface area contributed by atoms with Crippen LogP contribution in [0.5, 0.6) is 0 Å². The van der Waals surface area contributed by atoms with Crippen molar-refractivity contribution in [2.24, 2.45) is 0 Å². The average Bonchev–Trinajstić information content (AvgIpc) is 2.98. The van der Waals surface area contributed by atoms with Crippen molar-refractivity contribution in [3.05, 3.63) is 51.7 Å². The number of hydrogen-bond donors (Lipinski definition) is 1. The van der Waals surface area contributed by atoms with Crippen molar-refractivity contribution in [3.8, 4) is 0 Å². The summed E-state index contributed by atoms with van der Waals surface area (Å²) in [5, 5.41) is 3.02. The fourth-order valence-corrected chi connectivity index (χ4v) is 3.53. The molecule has 3 nitrogen and oxygen atoms in total. The van der Waals surface area contributed by atoms with Gasteiger partial charge in [0.25, 0.3) is 0 Å². The van der Waals surface area contributed by atoms with Crippen LogP contribution in [-0.2, 0) is 13.0 Å². The summed E-state index contributed by atoms with van der Waals surface area (Å²) < 4.78 is 0. The predicted octanol–water partition coefficient (Wildman–Crippen LogP) is 3.72. The molecule has 0 radical (unpaired) electrons. The SMILES string of the molecule is Cc1ccc(CNC(=O)N2c3ccccc3CC2C)s1. The number of carbonyl (C=O) groups excluding carboxylic acids is 1. The smallest absolute Gasteiger partial charge is 0.322 e. The molecule has 0 fully saturated rings. The molecule has 4 heteroatoms. The molecule has 1 unspecified atom stereocenters. The molecule has 2 amide bonds. The third-order valence-corrected chi connectivity index (χ3v) is 4.64. The molecular formula is C16H18N2OS. The van der Waals surface area contributed by atoms with Gasteiger partial charge in [-0.05, 0) is 44.0 Å². The molecular weight excluding hydrogens is 268 g/mol. The fourth-order valence-electron chi connectivity index (χ4n) is 2.70. The number of anilines is 1. The molecule has 1 aromatic heterocycles. The molecule has 3 rings (SSSR count). The summed E-state index contributed by atoms with van der Waals surface area (Å²) in [5.41, 5.74) is 2.29. The van der Waals surface area contributed by atoms with Crippen LogP contribution in [0.3, 0.4) is 0 Å². The van der Waals surface area contributed by atoms with E-state index in [1.54, 1.807) is 11.3 Å². The number of para-hydroxylation sites is 1. The van der Waals surface area contributed by atoms with Gasteiger partial charge in [0.1, 0.15) is 0 Å². The molecule has 0 aliphatic carbocycles. The van der Waals surface area contributed by atoms with E-state index in [0.29, 0.717) is 6.54 Å². The number of carbonyl (C=O) groups is 1. The highest BCUT2D eigenvalue weighted by Gasteiger charge is 2.30. The lowest BCUT2D eigenvalue weighted by Crippen LogP contribution is -2.42. The van der Waals surface area contributed by atoms with Crippen molar-refractivity contribution >= 4 is 23.1 Å². The van der Waals surface area contributed by atoms with Gasteiger partial charge in [0.15, 0.2) is 0 Å². The normalized spacial score (nSPS) is 17.1. The summed E-state index contributed by atoms with van der Waals surface area (Å²) in [6.07, 6.45) is 0.932. The third-order valence-electron chi connectivity index (χ3n) is 3.64. The molecule has 0 saturated carbocycles. The topological polar surface area (TPSA) is 32.3 Å². The third kappa shape index (κ3) is 2.43. The molecule has 2 aromatic rings. The number of nitrogens with zero attached hydrogens (tertiary/aromatic N) is 1. The largest absolute Gasteiger partial charge is 0.333 e. The molecule has 0 spiro atoms. The highest BCUT2D eigenvalue weighted by molar-refractivity contribution is 7.11. The van der Waals surface area contributed by atoms with Crippen molar-refractivity contribution in [3.63, 3.8) is 0 Å². The van der Waals surface area contributed by atoms with Crippen LogP contribution in [-0.4, -0.2) is 12.1 Å². The second-order valence-electron chi connectivity index (χ2n) is 5.22. The van der Waals surface area contributed by atoms with Gasteiger partial charge in [-0.2, -0.15) is 0 Å². The first kappa shape index (κ1) is 13.2. The molecule has 1 aliphatic rings. The maximum absolute atomic E-state index is 12.4. The van der Waals surface area contributed by atoms with Crippen molar-refractivity contribution < 1.29 is 4.79 Å². The first-order chi connectivity index (χ1) is 9.65. The molecule has 20 heavy (non-hydrogen) atoms. The molecule has 1 aliphatic heterocycles. The summed E-state index contributed by atoms with van der Waals surface area (Å²) in [5.74, 6) is 0. The van der Waals surface area contributed by atoms with E-state index < -0.39 is 0 Å². The zero-order valence-corrected chi connectivity index (χ0v) is 12.5. The number of urea groups is 1. The highest BCUT2D eigenvalue weighted by atomic mass is 32.1. The van der Waals surface area contributed by atoms with Gasteiger partial charge in [-0.3, -0.25) is 4.90 Å². The van der Waals surface area contributed by atoms with Crippen LogP contribution >= 0.6 is 11.3 Å². The Morgan fingerprint density at radius 3 is 2.90 bits per heavy atom. The average molecular weight is 286 g/mol. The lowest BCUT2D eigenvalue weighted by molar-refractivity contribution is 0.245. The number of benzene rings is 1. The Labute approximate surface area is 123 Å². The molecule has 1 N–H and O–H groups in total. The van der Waals surface area contributed by atoms with E-state index in [2.05, 4.69) is 37.4 Å². The van der Waals surface area contributed by atoms with Crippen LogP contribution in [0.15, 0.2) is 36.4 Å². The van der Waals surface area contributed by atoms with Crippen LogP contribution in [0.2, 0.25) is 0 Å². The minimum atomic E-state index is -0.00602. The quantitative estimate of drug-likeness (QED) is 0.896. The summed E-state index contributed by atoms with van der Waals surface area (Å²) in [4.78, 5) is 16.8. The van der Waals surface area contributed by atoms with Crippen molar-refractivity contribution in [1.29, 1.82) is 0 Å². The van der Waals surface area contributed by atoms with Gasteiger partial charge in [-0.1, -0.05) is 18.2 Å². The lowest BCUT2D eigenvalue weighted by atomic mass is 10.1. The number of nitrogens with one attached hydrogen (secondary N) is 1. The zero-order chi connectivity index (χ0) is 14.1. The van der Waals surface area contributed by atoms with E-state index in [0.717, 1.165) is 12.1 Å². The van der Waals surface area contributed by atoms with E-state index >= 15 is 0 Å². The number of aryl methyl sites for hydroxylation is 1. The van der Waals surface area contributed by atoms with Gasteiger partial charge >= 0.3 is 6.03 Å². The lowest BCUT2D eigenvalue weighted by Gasteiger charge is -2.22. The van der Waals surface area contributed by atoms with Crippen LogP contribution in [0, 0.1) is 6.92 Å². The van der Waals surface area contributed by atoms with Crippen LogP contribution < -0.4 is 10.2 Å². The molecule has 0 bridgehead atoms. The van der Waals surface area contributed by atoms with Crippen molar-refractivity contribution in [1.82, 2.24) is 5.32 Å². The van der Waals surface area contributed by atoms with E-state index in [1.165, 1.54) is 15.3 Å². The summed E-state index contributed by atoms with van der Waals surface area (Å²) >= 11 is 1.73. The molecule has 0 saturated heterocycles. The van der Waals surface area contributed by atoms with Gasteiger partial charge in [0.05, 0.1) is 6.54 Å². The Morgan fingerprint density at radius 2 is 2.15 bits per heavy atom. The van der Waals surface area contributed by atoms with E-state index in [-0.39, 0.29) is 12.1 Å². The monoisotopic (exact) mass is 286 g/mol. The predicted molar refractivity (Wildman–Crippen MR) is 83.4 cm³/mol. The zero-order valence-electron chi connectivity index (χ0n) is 11.7. The molecule has 2 heterocycles. The van der Waals surface area contributed by atoms with Gasteiger partial charge in [-0.25, -0.2) is 4.79 Å². The van der Waals surface area contributed by atoms with Crippen molar-refractivity contribution in [2.75, 3.05) is 4.90 Å². The Morgan fingerprint density at radius 1 is 1.35 bits per heavy atom. The molecule has 104 valence electrons. The second kappa shape index (κ2) is 5.29. The number of amides is 2. The molecule has 1 aromatic carbocycles. The van der Waals surface area contributed by atoms with Gasteiger partial charge in [-0.15, -0.1) is 11.3 Å².